The SMILES string of the molecule is COc1ccc(CNC(=O)CN2C(=O)NC(C)(c3ccc([N+](=O)[O-])cc3)C2=O)cc1OC. The maximum absolute atomic E-state index is 12.9. The molecule has 4 amide bonds. The number of non-ortho nitro benzene ring substituents is 1. The summed E-state index contributed by atoms with van der Waals surface area (Å²) in [5.41, 5.74) is -0.463. The van der Waals surface area contributed by atoms with Gasteiger partial charge in [-0.25, -0.2) is 4.79 Å². The van der Waals surface area contributed by atoms with Crippen molar-refractivity contribution in [2.75, 3.05) is 20.8 Å². The fourth-order valence-corrected chi connectivity index (χ4v) is 3.34. The van der Waals surface area contributed by atoms with Crippen molar-refractivity contribution >= 4 is 23.5 Å². The van der Waals surface area contributed by atoms with Crippen LogP contribution in [0.5, 0.6) is 11.5 Å². The number of amides is 4. The molecule has 1 aliphatic heterocycles. The zero-order valence-corrected chi connectivity index (χ0v) is 17.7. The van der Waals surface area contributed by atoms with Crippen LogP contribution < -0.4 is 20.1 Å². The molecule has 1 saturated heterocycles. The van der Waals surface area contributed by atoms with E-state index in [1.165, 1.54) is 45.4 Å². The number of hydrogen-bond donors (Lipinski definition) is 2. The van der Waals surface area contributed by atoms with Crippen molar-refractivity contribution in [2.45, 2.75) is 19.0 Å². The van der Waals surface area contributed by atoms with E-state index in [-0.39, 0.29) is 12.2 Å². The van der Waals surface area contributed by atoms with Crippen LogP contribution in [0.15, 0.2) is 42.5 Å². The highest BCUT2D eigenvalue weighted by molar-refractivity contribution is 6.09. The number of nitrogens with zero attached hydrogens (tertiary/aromatic N) is 2. The number of carbonyl (C=O) groups is 3. The highest BCUT2D eigenvalue weighted by Gasteiger charge is 2.49. The van der Waals surface area contributed by atoms with Crippen molar-refractivity contribution in [3.05, 3.63) is 63.7 Å². The van der Waals surface area contributed by atoms with Crippen LogP contribution in [-0.2, 0) is 21.7 Å². The lowest BCUT2D eigenvalue weighted by Gasteiger charge is -2.22. The van der Waals surface area contributed by atoms with Gasteiger partial charge in [0.15, 0.2) is 11.5 Å². The quantitative estimate of drug-likeness (QED) is 0.360. The summed E-state index contributed by atoms with van der Waals surface area (Å²) in [6, 6.07) is 9.73. The first-order valence-corrected chi connectivity index (χ1v) is 9.56. The molecule has 2 aromatic carbocycles. The maximum Gasteiger partial charge on any atom is 0.325 e. The fourth-order valence-electron chi connectivity index (χ4n) is 3.34. The molecule has 0 bridgehead atoms. The number of imide groups is 1. The minimum Gasteiger partial charge on any atom is -0.493 e. The number of nitrogens with one attached hydrogen (secondary N) is 2. The number of carbonyl (C=O) groups excluding carboxylic acids is 3. The van der Waals surface area contributed by atoms with Crippen molar-refractivity contribution in [1.29, 1.82) is 0 Å². The van der Waals surface area contributed by atoms with Gasteiger partial charge in [0.25, 0.3) is 11.6 Å². The van der Waals surface area contributed by atoms with Crippen LogP contribution in [0.4, 0.5) is 10.5 Å². The summed E-state index contributed by atoms with van der Waals surface area (Å²) in [5, 5.41) is 16.1. The van der Waals surface area contributed by atoms with Crippen molar-refractivity contribution in [1.82, 2.24) is 15.5 Å². The second-order valence-electron chi connectivity index (χ2n) is 7.22. The average Bonchev–Trinajstić information content (AvgIpc) is 3.01. The van der Waals surface area contributed by atoms with Gasteiger partial charge in [-0.15, -0.1) is 0 Å². The Kier molecular flexibility index (Phi) is 6.28. The van der Waals surface area contributed by atoms with E-state index < -0.39 is 34.9 Å². The molecule has 11 nitrogen and oxygen atoms in total. The van der Waals surface area contributed by atoms with E-state index >= 15 is 0 Å². The Morgan fingerprint density at radius 3 is 2.38 bits per heavy atom. The number of rotatable bonds is 8. The summed E-state index contributed by atoms with van der Waals surface area (Å²) in [5.74, 6) is -0.103. The molecule has 0 saturated carbocycles. The first-order chi connectivity index (χ1) is 15.2. The molecule has 2 N–H and O–H groups in total. The van der Waals surface area contributed by atoms with Crippen LogP contribution in [0.1, 0.15) is 18.1 Å². The fraction of sp³-hybridized carbons (Fsp3) is 0.286. The van der Waals surface area contributed by atoms with Gasteiger partial charge in [-0.1, -0.05) is 6.07 Å². The number of nitro benzene ring substituents is 1. The van der Waals surface area contributed by atoms with Crippen LogP contribution in [0.2, 0.25) is 0 Å². The van der Waals surface area contributed by atoms with E-state index in [4.69, 9.17) is 9.47 Å². The van der Waals surface area contributed by atoms with Crippen molar-refractivity contribution in [3.8, 4) is 11.5 Å². The lowest BCUT2D eigenvalue weighted by atomic mass is 9.92. The molecule has 3 rings (SSSR count). The topological polar surface area (TPSA) is 140 Å². The zero-order chi connectivity index (χ0) is 23.5. The summed E-state index contributed by atoms with van der Waals surface area (Å²) in [7, 11) is 3.02. The largest absolute Gasteiger partial charge is 0.493 e. The number of benzene rings is 2. The molecule has 11 heteroatoms. The molecular weight excluding hydrogens is 420 g/mol. The van der Waals surface area contributed by atoms with Gasteiger partial charge in [0, 0.05) is 18.7 Å². The van der Waals surface area contributed by atoms with Crippen molar-refractivity contribution < 1.29 is 28.8 Å². The van der Waals surface area contributed by atoms with Crippen LogP contribution in [0.25, 0.3) is 0 Å². The second-order valence-corrected chi connectivity index (χ2v) is 7.22. The van der Waals surface area contributed by atoms with E-state index in [0.717, 1.165) is 10.5 Å². The van der Waals surface area contributed by atoms with E-state index in [9.17, 15) is 24.5 Å². The van der Waals surface area contributed by atoms with Crippen molar-refractivity contribution in [2.24, 2.45) is 0 Å². The molecule has 32 heavy (non-hydrogen) atoms. The van der Waals surface area contributed by atoms with Crippen LogP contribution >= 0.6 is 0 Å². The number of nitro groups is 1. The van der Waals surface area contributed by atoms with Crippen LogP contribution in [-0.4, -0.2) is 48.4 Å². The molecular formula is C21H22N4O7. The van der Waals surface area contributed by atoms with Gasteiger partial charge >= 0.3 is 6.03 Å². The van der Waals surface area contributed by atoms with Gasteiger partial charge in [0.2, 0.25) is 5.91 Å². The summed E-state index contributed by atoms with van der Waals surface area (Å²) in [4.78, 5) is 48.8. The lowest BCUT2D eigenvalue weighted by molar-refractivity contribution is -0.384. The molecule has 0 spiro atoms. The highest BCUT2D eigenvalue weighted by atomic mass is 16.6. The summed E-state index contributed by atoms with van der Waals surface area (Å²) in [6.45, 7) is 1.17. The van der Waals surface area contributed by atoms with E-state index in [1.807, 2.05) is 0 Å². The number of hydrogen-bond acceptors (Lipinski definition) is 7. The summed E-state index contributed by atoms with van der Waals surface area (Å²) in [6.07, 6.45) is 0. The van der Waals surface area contributed by atoms with E-state index in [2.05, 4.69) is 10.6 Å². The van der Waals surface area contributed by atoms with Gasteiger partial charge in [-0.05, 0) is 42.3 Å². The predicted molar refractivity (Wildman–Crippen MR) is 112 cm³/mol. The van der Waals surface area contributed by atoms with Gasteiger partial charge in [-0.2, -0.15) is 0 Å². The monoisotopic (exact) mass is 442 g/mol. The standard InChI is InChI=1S/C21H22N4O7/c1-21(14-5-7-15(8-6-14)25(29)30)19(27)24(20(28)23-21)12-18(26)22-11-13-4-9-16(31-2)17(10-13)32-3/h4-10H,11-12H2,1-3H3,(H,22,26)(H,23,28). The minimum absolute atomic E-state index is 0.138. The third kappa shape index (κ3) is 4.31. The van der Waals surface area contributed by atoms with Gasteiger partial charge in [0.05, 0.1) is 19.1 Å². The molecule has 1 aliphatic rings. The van der Waals surface area contributed by atoms with Gasteiger partial charge in [0.1, 0.15) is 12.1 Å². The molecule has 0 radical (unpaired) electrons. The molecule has 1 atom stereocenters. The number of urea groups is 1. The maximum atomic E-state index is 12.9. The first-order valence-electron chi connectivity index (χ1n) is 9.56. The normalized spacial score (nSPS) is 17.7. The second kappa shape index (κ2) is 8.92. The lowest BCUT2D eigenvalue weighted by Crippen LogP contribution is -2.43. The number of ether oxygens (including phenoxy) is 2. The van der Waals surface area contributed by atoms with Crippen LogP contribution in [0, 0.1) is 10.1 Å². The van der Waals surface area contributed by atoms with Gasteiger partial charge in [-0.3, -0.25) is 24.6 Å². The molecule has 1 heterocycles. The highest BCUT2D eigenvalue weighted by Crippen LogP contribution is 2.30. The molecule has 168 valence electrons. The van der Waals surface area contributed by atoms with Crippen LogP contribution in [0.3, 0.4) is 0 Å². The molecule has 2 aromatic rings. The molecule has 1 fully saturated rings. The minimum atomic E-state index is -1.43. The average molecular weight is 442 g/mol. The Morgan fingerprint density at radius 1 is 1.12 bits per heavy atom. The Balaban J connectivity index is 1.66. The smallest absolute Gasteiger partial charge is 0.325 e. The Bertz CT molecular complexity index is 1070. The molecule has 1 unspecified atom stereocenters. The van der Waals surface area contributed by atoms with Crippen molar-refractivity contribution in [3.63, 3.8) is 0 Å². The number of methoxy groups -OCH3 is 2. The van der Waals surface area contributed by atoms with E-state index in [0.29, 0.717) is 17.1 Å². The van der Waals surface area contributed by atoms with Gasteiger partial charge < -0.3 is 20.1 Å². The molecule has 0 aromatic heterocycles. The summed E-state index contributed by atoms with van der Waals surface area (Å²) < 4.78 is 10.4. The Morgan fingerprint density at radius 2 is 1.78 bits per heavy atom. The molecule has 0 aliphatic carbocycles. The van der Waals surface area contributed by atoms with E-state index in [1.54, 1.807) is 18.2 Å². The first kappa shape index (κ1) is 22.5. The third-order valence-electron chi connectivity index (χ3n) is 5.17. The Labute approximate surface area is 183 Å². The zero-order valence-electron chi connectivity index (χ0n) is 17.7. The summed E-state index contributed by atoms with van der Waals surface area (Å²) >= 11 is 0. The third-order valence-corrected chi connectivity index (χ3v) is 5.17. The predicted octanol–water partition coefficient (Wildman–Crippen LogP) is 1.70. The Hall–Kier alpha value is -4.15.